The van der Waals surface area contributed by atoms with Crippen LogP contribution in [0.1, 0.15) is 11.1 Å². The molecule has 0 bridgehead atoms. The summed E-state index contributed by atoms with van der Waals surface area (Å²) in [6.07, 6.45) is 0. The summed E-state index contributed by atoms with van der Waals surface area (Å²) < 4.78 is 5.95. The van der Waals surface area contributed by atoms with E-state index >= 15 is 0 Å². The predicted octanol–water partition coefficient (Wildman–Crippen LogP) is 6.41. The average molecular weight is 357 g/mol. The minimum atomic E-state index is 0.502. The van der Waals surface area contributed by atoms with Crippen molar-refractivity contribution in [2.45, 2.75) is 13.8 Å². The molecule has 3 nitrogen and oxygen atoms in total. The van der Waals surface area contributed by atoms with E-state index in [0.29, 0.717) is 21.6 Å². The number of aromatic nitrogens is 2. The fourth-order valence-corrected chi connectivity index (χ4v) is 3.16. The Hall–Kier alpha value is -2.23. The molecule has 0 saturated carbocycles. The van der Waals surface area contributed by atoms with Gasteiger partial charge in [-0.2, -0.15) is 0 Å². The van der Waals surface area contributed by atoms with Crippen LogP contribution in [0.2, 0.25) is 10.0 Å². The Morgan fingerprint density at radius 2 is 1.71 bits per heavy atom. The summed E-state index contributed by atoms with van der Waals surface area (Å²) in [5.41, 5.74) is 5.19. The third-order valence-corrected chi connectivity index (χ3v) is 4.70. The molecule has 4 rings (SSSR count). The average Bonchev–Trinajstić information content (AvgIpc) is 3.16. The van der Waals surface area contributed by atoms with Gasteiger partial charge >= 0.3 is 0 Å². The van der Waals surface area contributed by atoms with E-state index in [1.165, 1.54) is 5.56 Å². The third-order valence-electron chi connectivity index (χ3n) is 3.97. The first-order valence-electron chi connectivity index (χ1n) is 7.54. The van der Waals surface area contributed by atoms with Gasteiger partial charge in [0.2, 0.25) is 0 Å². The Bertz CT molecular complexity index is 1060. The number of benzene rings is 2. The van der Waals surface area contributed by atoms with Crippen molar-refractivity contribution in [1.29, 1.82) is 0 Å². The maximum Gasteiger partial charge on any atom is 0.174 e. The molecule has 1 N–H and O–H groups in total. The van der Waals surface area contributed by atoms with Gasteiger partial charge in [0.25, 0.3) is 0 Å². The first-order valence-corrected chi connectivity index (χ1v) is 8.29. The number of imidazole rings is 1. The number of H-pyrrole nitrogens is 1. The number of hydrogen-bond acceptors (Lipinski definition) is 2. The highest BCUT2D eigenvalue weighted by Gasteiger charge is 2.13. The zero-order chi connectivity index (χ0) is 16.8. The number of aryl methyl sites for hydroxylation is 2. The molecule has 0 atom stereocenters. The van der Waals surface area contributed by atoms with Crippen molar-refractivity contribution in [3.63, 3.8) is 0 Å². The molecule has 0 aliphatic rings. The maximum atomic E-state index is 6.08. The largest absolute Gasteiger partial charge is 0.453 e. The van der Waals surface area contributed by atoms with E-state index in [2.05, 4.69) is 35.9 Å². The second-order valence-electron chi connectivity index (χ2n) is 5.86. The van der Waals surface area contributed by atoms with Crippen molar-refractivity contribution in [2.24, 2.45) is 0 Å². The number of hydrogen-bond donors (Lipinski definition) is 1. The lowest BCUT2D eigenvalue weighted by molar-refractivity contribution is 0.593. The molecule has 2 aromatic heterocycles. The molecular weight excluding hydrogens is 343 g/mol. The number of furan rings is 1. The van der Waals surface area contributed by atoms with Gasteiger partial charge in [0.15, 0.2) is 11.6 Å². The van der Waals surface area contributed by atoms with E-state index < -0.39 is 0 Å². The van der Waals surface area contributed by atoms with Crippen LogP contribution in [-0.2, 0) is 0 Å². The number of aromatic amines is 1. The van der Waals surface area contributed by atoms with Gasteiger partial charge in [-0.1, -0.05) is 29.3 Å². The van der Waals surface area contributed by atoms with Crippen LogP contribution < -0.4 is 0 Å². The van der Waals surface area contributed by atoms with Crippen molar-refractivity contribution < 1.29 is 4.42 Å². The number of fused-ring (bicyclic) bond motifs is 1. The van der Waals surface area contributed by atoms with Gasteiger partial charge in [-0.15, -0.1) is 0 Å². The Morgan fingerprint density at radius 3 is 2.50 bits per heavy atom. The SMILES string of the molecule is Cc1cc(C)c2nc(-c3ccc(-c4ccc(Cl)c(Cl)c4)o3)[nH]c2c1. The van der Waals surface area contributed by atoms with Gasteiger partial charge in [0, 0.05) is 5.56 Å². The van der Waals surface area contributed by atoms with Crippen molar-refractivity contribution >= 4 is 34.2 Å². The molecule has 0 unspecified atom stereocenters. The molecule has 120 valence electrons. The standard InChI is InChI=1S/C19H14Cl2N2O/c1-10-7-11(2)18-15(8-10)22-19(23-18)17-6-5-16(24-17)12-3-4-13(20)14(21)9-12/h3-9H,1-2H3,(H,22,23). The van der Waals surface area contributed by atoms with Crippen LogP contribution in [0.5, 0.6) is 0 Å². The first kappa shape index (κ1) is 15.3. The van der Waals surface area contributed by atoms with Crippen LogP contribution >= 0.6 is 23.2 Å². The fraction of sp³-hybridized carbons (Fsp3) is 0.105. The lowest BCUT2D eigenvalue weighted by atomic mass is 10.1. The normalized spacial score (nSPS) is 11.3. The number of rotatable bonds is 2. The summed E-state index contributed by atoms with van der Waals surface area (Å²) in [6.45, 7) is 4.13. The van der Waals surface area contributed by atoms with Gasteiger partial charge in [0.1, 0.15) is 5.76 Å². The number of nitrogens with zero attached hydrogens (tertiary/aromatic N) is 1. The summed E-state index contributed by atoms with van der Waals surface area (Å²) in [4.78, 5) is 7.99. The predicted molar refractivity (Wildman–Crippen MR) is 98.7 cm³/mol. The maximum absolute atomic E-state index is 6.08. The van der Waals surface area contributed by atoms with E-state index in [-0.39, 0.29) is 0 Å². The first-order chi connectivity index (χ1) is 11.5. The molecule has 0 radical (unpaired) electrons. The van der Waals surface area contributed by atoms with Crippen molar-refractivity contribution in [2.75, 3.05) is 0 Å². The molecule has 0 saturated heterocycles. The van der Waals surface area contributed by atoms with Crippen LogP contribution in [0.4, 0.5) is 0 Å². The smallest absolute Gasteiger partial charge is 0.174 e. The second-order valence-corrected chi connectivity index (χ2v) is 6.67. The van der Waals surface area contributed by atoms with E-state index in [1.807, 2.05) is 18.2 Å². The number of halogens is 2. The van der Waals surface area contributed by atoms with Crippen molar-refractivity contribution in [3.05, 3.63) is 63.6 Å². The molecule has 5 heteroatoms. The van der Waals surface area contributed by atoms with Gasteiger partial charge in [-0.25, -0.2) is 4.98 Å². The lowest BCUT2D eigenvalue weighted by Gasteiger charge is -1.99. The molecule has 0 spiro atoms. The minimum Gasteiger partial charge on any atom is -0.453 e. The monoisotopic (exact) mass is 356 g/mol. The Labute approximate surface area is 149 Å². The van der Waals surface area contributed by atoms with E-state index in [4.69, 9.17) is 27.6 Å². The van der Waals surface area contributed by atoms with E-state index in [1.54, 1.807) is 12.1 Å². The fourth-order valence-electron chi connectivity index (χ4n) is 2.86. The van der Waals surface area contributed by atoms with Gasteiger partial charge < -0.3 is 9.40 Å². The molecule has 0 amide bonds. The summed E-state index contributed by atoms with van der Waals surface area (Å²) in [5, 5.41) is 1.03. The Morgan fingerprint density at radius 1 is 0.917 bits per heavy atom. The third kappa shape index (κ3) is 2.60. The molecule has 2 heterocycles. The highest BCUT2D eigenvalue weighted by molar-refractivity contribution is 6.42. The quantitative estimate of drug-likeness (QED) is 0.450. The molecule has 0 aliphatic carbocycles. The molecule has 0 aliphatic heterocycles. The van der Waals surface area contributed by atoms with E-state index in [0.717, 1.165) is 27.9 Å². The van der Waals surface area contributed by atoms with Crippen LogP contribution in [0, 0.1) is 13.8 Å². The van der Waals surface area contributed by atoms with Crippen LogP contribution in [0.3, 0.4) is 0 Å². The van der Waals surface area contributed by atoms with Crippen molar-refractivity contribution in [1.82, 2.24) is 9.97 Å². The highest BCUT2D eigenvalue weighted by Crippen LogP contribution is 2.32. The van der Waals surface area contributed by atoms with Gasteiger partial charge in [0.05, 0.1) is 21.1 Å². The summed E-state index contributed by atoms with van der Waals surface area (Å²) in [7, 11) is 0. The van der Waals surface area contributed by atoms with Crippen LogP contribution in [0.25, 0.3) is 33.9 Å². The van der Waals surface area contributed by atoms with Gasteiger partial charge in [-0.3, -0.25) is 0 Å². The minimum absolute atomic E-state index is 0.502. The van der Waals surface area contributed by atoms with E-state index in [9.17, 15) is 0 Å². The van der Waals surface area contributed by atoms with Crippen molar-refractivity contribution in [3.8, 4) is 22.9 Å². The van der Waals surface area contributed by atoms with Gasteiger partial charge in [-0.05, 0) is 61.4 Å². The topological polar surface area (TPSA) is 41.8 Å². The summed E-state index contributed by atoms with van der Waals surface area (Å²) in [6, 6.07) is 13.4. The Balaban J connectivity index is 1.77. The molecule has 0 fully saturated rings. The van der Waals surface area contributed by atoms with Crippen LogP contribution in [-0.4, -0.2) is 9.97 Å². The molecule has 4 aromatic rings. The molecule has 24 heavy (non-hydrogen) atoms. The zero-order valence-electron chi connectivity index (χ0n) is 13.2. The summed E-state index contributed by atoms with van der Waals surface area (Å²) >= 11 is 12.0. The second kappa shape index (κ2) is 5.69. The Kier molecular flexibility index (Phi) is 3.63. The summed E-state index contributed by atoms with van der Waals surface area (Å²) in [5.74, 6) is 2.12. The number of nitrogens with one attached hydrogen (secondary N) is 1. The van der Waals surface area contributed by atoms with Crippen LogP contribution in [0.15, 0.2) is 46.9 Å². The molecular formula is C19H14Cl2N2O. The highest BCUT2D eigenvalue weighted by atomic mass is 35.5. The molecule has 2 aromatic carbocycles. The lowest BCUT2D eigenvalue weighted by Crippen LogP contribution is -1.79. The zero-order valence-corrected chi connectivity index (χ0v) is 14.7.